The Morgan fingerprint density at radius 3 is 2.84 bits per heavy atom. The second-order valence-corrected chi connectivity index (χ2v) is 8.15. The van der Waals surface area contributed by atoms with E-state index < -0.39 is 10.0 Å². The van der Waals surface area contributed by atoms with Gasteiger partial charge in [0.05, 0.1) is 0 Å². The number of nitrogens with zero attached hydrogens (tertiary/aromatic N) is 1. The molecule has 2 heterocycles. The molecule has 0 spiro atoms. The van der Waals surface area contributed by atoms with E-state index in [-0.39, 0.29) is 6.04 Å². The van der Waals surface area contributed by atoms with Gasteiger partial charge in [-0.15, -0.1) is 11.3 Å². The van der Waals surface area contributed by atoms with Crippen LogP contribution in [-0.2, 0) is 16.6 Å². The van der Waals surface area contributed by atoms with Gasteiger partial charge in [-0.2, -0.15) is 0 Å². The number of thiophene rings is 1. The Morgan fingerprint density at radius 1 is 1.53 bits per heavy atom. The van der Waals surface area contributed by atoms with Crippen molar-refractivity contribution < 1.29 is 8.42 Å². The molecule has 0 bridgehead atoms. The first-order valence-corrected chi connectivity index (χ1v) is 8.67. The van der Waals surface area contributed by atoms with Crippen molar-refractivity contribution in [2.75, 3.05) is 27.2 Å². The highest BCUT2D eigenvalue weighted by Gasteiger charge is 2.26. The fraction of sp³-hybridized carbons (Fsp3) is 0.667. The van der Waals surface area contributed by atoms with E-state index in [2.05, 4.69) is 14.9 Å². The molecule has 1 saturated heterocycles. The molecule has 0 saturated carbocycles. The number of rotatable bonds is 5. The second kappa shape index (κ2) is 5.88. The largest absolute Gasteiger partial charge is 0.315 e. The van der Waals surface area contributed by atoms with Gasteiger partial charge in [0.1, 0.15) is 4.21 Å². The lowest BCUT2D eigenvalue weighted by atomic mass is 10.3. The van der Waals surface area contributed by atoms with Crippen LogP contribution in [0.4, 0.5) is 0 Å². The Hall–Kier alpha value is -0.470. The molecule has 5 nitrogen and oxygen atoms in total. The van der Waals surface area contributed by atoms with Gasteiger partial charge in [0.25, 0.3) is 0 Å². The number of sulfonamides is 1. The van der Waals surface area contributed by atoms with Crippen LogP contribution in [0.15, 0.2) is 10.3 Å². The van der Waals surface area contributed by atoms with E-state index in [1.807, 2.05) is 21.0 Å². The summed E-state index contributed by atoms with van der Waals surface area (Å²) in [7, 11) is 0.497. The summed E-state index contributed by atoms with van der Waals surface area (Å²) in [4.78, 5) is 3.21. The van der Waals surface area contributed by atoms with Crippen molar-refractivity contribution in [3.8, 4) is 0 Å². The lowest BCUT2D eigenvalue weighted by Crippen LogP contribution is -2.36. The highest BCUT2D eigenvalue weighted by molar-refractivity contribution is 7.91. The van der Waals surface area contributed by atoms with Gasteiger partial charge in [-0.25, -0.2) is 13.1 Å². The lowest BCUT2D eigenvalue weighted by molar-refractivity contribution is 0.407. The maximum Gasteiger partial charge on any atom is 0.250 e. The fourth-order valence-corrected chi connectivity index (χ4v) is 5.15. The average Bonchev–Trinajstić information content (AvgIpc) is 2.87. The maximum absolute atomic E-state index is 12.3. The molecule has 1 aliphatic rings. The molecule has 0 amide bonds. The number of nitrogens with one attached hydrogen (secondary N) is 2. The Balaban J connectivity index is 2.13. The minimum absolute atomic E-state index is 0.0326. The zero-order valence-electron chi connectivity index (χ0n) is 11.6. The first-order chi connectivity index (χ1) is 8.92. The molecular weight excluding hydrogens is 282 g/mol. The predicted molar refractivity (Wildman–Crippen MR) is 78.0 cm³/mol. The summed E-state index contributed by atoms with van der Waals surface area (Å²) in [6.45, 7) is 4.39. The Labute approximate surface area is 119 Å². The van der Waals surface area contributed by atoms with E-state index in [4.69, 9.17) is 0 Å². The number of hydrogen-bond acceptors (Lipinski definition) is 5. The molecule has 2 rings (SSSR count). The highest BCUT2D eigenvalue weighted by Crippen LogP contribution is 2.26. The molecule has 1 atom stereocenters. The van der Waals surface area contributed by atoms with Crippen LogP contribution in [0.1, 0.15) is 16.9 Å². The molecule has 19 heavy (non-hydrogen) atoms. The Kier molecular flexibility index (Phi) is 4.62. The van der Waals surface area contributed by atoms with Crippen molar-refractivity contribution in [1.82, 2.24) is 14.9 Å². The summed E-state index contributed by atoms with van der Waals surface area (Å²) >= 11 is 1.35. The smallest absolute Gasteiger partial charge is 0.250 e. The Morgan fingerprint density at radius 2 is 2.26 bits per heavy atom. The number of hydrogen-bond donors (Lipinski definition) is 2. The van der Waals surface area contributed by atoms with Crippen LogP contribution in [0.25, 0.3) is 0 Å². The monoisotopic (exact) mass is 303 g/mol. The van der Waals surface area contributed by atoms with Gasteiger partial charge in [0.2, 0.25) is 10.0 Å². The molecule has 0 aromatic carbocycles. The van der Waals surface area contributed by atoms with Crippen LogP contribution in [-0.4, -0.2) is 46.5 Å². The molecule has 1 aromatic heterocycles. The van der Waals surface area contributed by atoms with Gasteiger partial charge in [-0.3, -0.25) is 0 Å². The molecule has 108 valence electrons. The molecule has 1 unspecified atom stereocenters. The first kappa shape index (κ1) is 14.9. The van der Waals surface area contributed by atoms with E-state index in [0.29, 0.717) is 10.8 Å². The number of likely N-dealkylation sites (N-methyl/N-ethyl adjacent to an activating group) is 1. The van der Waals surface area contributed by atoms with E-state index in [1.54, 1.807) is 6.07 Å². The summed E-state index contributed by atoms with van der Waals surface area (Å²) in [5, 5.41) is 3.06. The van der Waals surface area contributed by atoms with Crippen LogP contribution in [0.3, 0.4) is 0 Å². The van der Waals surface area contributed by atoms with Gasteiger partial charge in [0, 0.05) is 24.0 Å². The van der Waals surface area contributed by atoms with Crippen LogP contribution < -0.4 is 10.0 Å². The molecule has 7 heteroatoms. The van der Waals surface area contributed by atoms with E-state index in [9.17, 15) is 8.42 Å². The topological polar surface area (TPSA) is 61.4 Å². The minimum Gasteiger partial charge on any atom is -0.315 e. The van der Waals surface area contributed by atoms with Gasteiger partial charge >= 0.3 is 0 Å². The van der Waals surface area contributed by atoms with Crippen molar-refractivity contribution in [2.45, 2.75) is 30.1 Å². The third-order valence-corrected chi connectivity index (χ3v) is 6.54. The average molecular weight is 303 g/mol. The van der Waals surface area contributed by atoms with Gasteiger partial charge in [-0.1, -0.05) is 0 Å². The molecule has 2 N–H and O–H groups in total. The fourth-order valence-electron chi connectivity index (χ4n) is 2.27. The summed E-state index contributed by atoms with van der Waals surface area (Å²) < 4.78 is 27.9. The van der Waals surface area contributed by atoms with Gasteiger partial charge < -0.3 is 10.2 Å². The molecule has 1 aromatic rings. The second-order valence-electron chi connectivity index (χ2n) is 5.07. The zero-order valence-corrected chi connectivity index (χ0v) is 13.2. The minimum atomic E-state index is -3.37. The van der Waals surface area contributed by atoms with Crippen molar-refractivity contribution in [3.63, 3.8) is 0 Å². The molecular formula is C12H21N3O2S2. The van der Waals surface area contributed by atoms with Crippen molar-refractivity contribution in [1.29, 1.82) is 0 Å². The predicted octanol–water partition coefficient (Wildman–Crippen LogP) is 0.758. The van der Waals surface area contributed by atoms with E-state index in [1.165, 1.54) is 11.3 Å². The van der Waals surface area contributed by atoms with Crippen LogP contribution in [0, 0.1) is 6.92 Å². The van der Waals surface area contributed by atoms with Crippen molar-refractivity contribution in [3.05, 3.63) is 16.5 Å². The summed E-state index contributed by atoms with van der Waals surface area (Å²) in [5.74, 6) is 0. The summed E-state index contributed by atoms with van der Waals surface area (Å²) in [6, 6.07) is 1.79. The maximum atomic E-state index is 12.3. The van der Waals surface area contributed by atoms with Gasteiger partial charge in [-0.05, 0) is 45.6 Å². The summed E-state index contributed by atoms with van der Waals surface area (Å²) in [6.07, 6.45) is 0.878. The van der Waals surface area contributed by atoms with E-state index in [0.717, 1.165) is 30.0 Å². The zero-order chi connectivity index (χ0) is 14.0. The third-order valence-electron chi connectivity index (χ3n) is 3.31. The molecule has 1 fully saturated rings. The van der Waals surface area contributed by atoms with Gasteiger partial charge in [0.15, 0.2) is 0 Å². The molecule has 1 aliphatic heterocycles. The quantitative estimate of drug-likeness (QED) is 0.843. The van der Waals surface area contributed by atoms with E-state index >= 15 is 0 Å². The number of likely N-dealkylation sites (tertiary alicyclic amines) is 1. The van der Waals surface area contributed by atoms with Crippen molar-refractivity contribution in [2.24, 2.45) is 0 Å². The number of aryl methyl sites for hydroxylation is 1. The van der Waals surface area contributed by atoms with Crippen LogP contribution in [0.5, 0.6) is 0 Å². The summed E-state index contributed by atoms with van der Waals surface area (Å²) in [5.41, 5.74) is 1.03. The Bertz CT molecular complexity index is 539. The molecule has 0 aliphatic carbocycles. The standard InChI is InChI=1S/C12H21N3O2S2/c1-9-6-12(18-11(9)7-13-2)19(16,17)14-10-4-5-15(3)8-10/h6,10,13-14H,4-5,7-8H2,1-3H3. The normalized spacial score (nSPS) is 21.1. The van der Waals surface area contributed by atoms with Crippen LogP contribution >= 0.6 is 11.3 Å². The SMILES string of the molecule is CNCc1sc(S(=O)(=O)NC2CCN(C)C2)cc1C. The lowest BCUT2D eigenvalue weighted by Gasteiger charge is -2.12. The van der Waals surface area contributed by atoms with Crippen LogP contribution in [0.2, 0.25) is 0 Å². The van der Waals surface area contributed by atoms with Crippen molar-refractivity contribution >= 4 is 21.4 Å². The molecule has 0 radical (unpaired) electrons. The third kappa shape index (κ3) is 3.55. The first-order valence-electron chi connectivity index (χ1n) is 6.37. The highest BCUT2D eigenvalue weighted by atomic mass is 32.2.